The fourth-order valence-electron chi connectivity index (χ4n) is 2.03. The number of pyridine rings is 1. The molecule has 16 heavy (non-hydrogen) atoms. The van der Waals surface area contributed by atoms with Gasteiger partial charge in [-0.2, -0.15) is 5.26 Å². The minimum atomic E-state index is 0.668. The second-order valence-electron chi connectivity index (χ2n) is 4.06. The third kappa shape index (κ3) is 1.31. The Morgan fingerprint density at radius 3 is 2.81 bits per heavy atom. The van der Waals surface area contributed by atoms with Gasteiger partial charge in [0.15, 0.2) is 0 Å². The van der Waals surface area contributed by atoms with Gasteiger partial charge in [0.1, 0.15) is 11.7 Å². The molecule has 3 heteroatoms. The lowest BCUT2D eigenvalue weighted by Crippen LogP contribution is -1.95. The SMILES string of the molecule is C=C(C)c1c(C#N)c2cc(C)cnc2n1C. The molecular formula is C13H13N3. The molecule has 0 amide bonds. The zero-order valence-corrected chi connectivity index (χ0v) is 9.70. The van der Waals surface area contributed by atoms with E-state index in [4.69, 9.17) is 0 Å². The van der Waals surface area contributed by atoms with Gasteiger partial charge < -0.3 is 4.57 Å². The smallest absolute Gasteiger partial charge is 0.141 e. The molecule has 0 radical (unpaired) electrons. The fourth-order valence-corrected chi connectivity index (χ4v) is 2.03. The highest BCUT2D eigenvalue weighted by Crippen LogP contribution is 2.27. The summed E-state index contributed by atoms with van der Waals surface area (Å²) >= 11 is 0. The molecule has 0 atom stereocenters. The quantitative estimate of drug-likeness (QED) is 0.727. The van der Waals surface area contributed by atoms with Gasteiger partial charge in [-0.15, -0.1) is 0 Å². The molecule has 0 saturated carbocycles. The van der Waals surface area contributed by atoms with E-state index >= 15 is 0 Å². The molecule has 2 heterocycles. The van der Waals surface area contributed by atoms with Gasteiger partial charge in [-0.1, -0.05) is 6.58 Å². The minimum absolute atomic E-state index is 0.668. The van der Waals surface area contributed by atoms with Crippen molar-refractivity contribution in [1.82, 2.24) is 9.55 Å². The first-order chi connectivity index (χ1) is 7.56. The van der Waals surface area contributed by atoms with E-state index in [9.17, 15) is 5.26 Å². The van der Waals surface area contributed by atoms with Crippen molar-refractivity contribution in [3.63, 3.8) is 0 Å². The number of hydrogen-bond acceptors (Lipinski definition) is 2. The largest absolute Gasteiger partial charge is 0.328 e. The van der Waals surface area contributed by atoms with E-state index in [0.717, 1.165) is 27.9 Å². The normalized spacial score (nSPS) is 10.4. The molecule has 3 nitrogen and oxygen atoms in total. The van der Waals surface area contributed by atoms with E-state index < -0.39 is 0 Å². The van der Waals surface area contributed by atoms with Gasteiger partial charge in [0.2, 0.25) is 0 Å². The highest BCUT2D eigenvalue weighted by molar-refractivity contribution is 5.90. The molecular weight excluding hydrogens is 198 g/mol. The first kappa shape index (κ1) is 10.4. The van der Waals surface area contributed by atoms with Gasteiger partial charge in [0.25, 0.3) is 0 Å². The van der Waals surface area contributed by atoms with E-state index in [-0.39, 0.29) is 0 Å². The van der Waals surface area contributed by atoms with E-state index in [1.165, 1.54) is 0 Å². The minimum Gasteiger partial charge on any atom is -0.328 e. The average molecular weight is 211 g/mol. The van der Waals surface area contributed by atoms with Crippen LogP contribution >= 0.6 is 0 Å². The third-order valence-electron chi connectivity index (χ3n) is 2.68. The lowest BCUT2D eigenvalue weighted by atomic mass is 10.1. The molecule has 0 spiro atoms. The predicted molar refractivity (Wildman–Crippen MR) is 64.9 cm³/mol. The van der Waals surface area contributed by atoms with Crippen LogP contribution in [0.25, 0.3) is 16.6 Å². The van der Waals surface area contributed by atoms with Crippen LogP contribution in [0.4, 0.5) is 0 Å². The Bertz CT molecular complexity index is 627. The maximum absolute atomic E-state index is 9.24. The number of hydrogen-bond donors (Lipinski definition) is 0. The predicted octanol–water partition coefficient (Wildman–Crippen LogP) is 2.79. The molecule has 0 N–H and O–H groups in total. The summed E-state index contributed by atoms with van der Waals surface area (Å²) in [6, 6.07) is 4.24. The number of aryl methyl sites for hydroxylation is 2. The van der Waals surface area contributed by atoms with Crippen LogP contribution < -0.4 is 0 Å². The Morgan fingerprint density at radius 2 is 2.25 bits per heavy atom. The van der Waals surface area contributed by atoms with Crippen LogP contribution in [0.1, 0.15) is 23.7 Å². The molecule has 2 aromatic heterocycles. The first-order valence-electron chi connectivity index (χ1n) is 5.07. The van der Waals surface area contributed by atoms with Gasteiger partial charge in [-0.3, -0.25) is 0 Å². The van der Waals surface area contributed by atoms with Crippen LogP contribution in [0, 0.1) is 18.3 Å². The van der Waals surface area contributed by atoms with E-state index in [0.29, 0.717) is 5.56 Å². The van der Waals surface area contributed by atoms with Gasteiger partial charge in [0.05, 0.1) is 11.3 Å². The first-order valence-corrected chi connectivity index (χ1v) is 5.07. The van der Waals surface area contributed by atoms with Crippen LogP contribution in [0.3, 0.4) is 0 Å². The molecule has 0 aromatic carbocycles. The van der Waals surface area contributed by atoms with Crippen LogP contribution in [-0.4, -0.2) is 9.55 Å². The van der Waals surface area contributed by atoms with Crippen molar-refractivity contribution in [2.45, 2.75) is 13.8 Å². The third-order valence-corrected chi connectivity index (χ3v) is 2.68. The number of allylic oxidation sites excluding steroid dienone is 1. The molecule has 0 aliphatic heterocycles. The second kappa shape index (κ2) is 3.49. The van der Waals surface area contributed by atoms with Crippen molar-refractivity contribution < 1.29 is 0 Å². The van der Waals surface area contributed by atoms with Crippen LogP contribution in [-0.2, 0) is 7.05 Å². The summed E-state index contributed by atoms with van der Waals surface area (Å²) in [5, 5.41) is 10.1. The molecule has 80 valence electrons. The summed E-state index contributed by atoms with van der Waals surface area (Å²) in [7, 11) is 1.91. The molecule has 0 aliphatic rings. The van der Waals surface area contributed by atoms with Crippen molar-refractivity contribution in [1.29, 1.82) is 5.26 Å². The molecule has 0 aliphatic carbocycles. The van der Waals surface area contributed by atoms with E-state index in [2.05, 4.69) is 17.6 Å². The topological polar surface area (TPSA) is 41.6 Å². The van der Waals surface area contributed by atoms with E-state index in [1.54, 1.807) is 0 Å². The molecule has 0 fully saturated rings. The number of nitriles is 1. The summed E-state index contributed by atoms with van der Waals surface area (Å²) in [6.07, 6.45) is 1.81. The Balaban J connectivity index is 2.98. The Morgan fingerprint density at radius 1 is 1.56 bits per heavy atom. The molecule has 0 bridgehead atoms. The van der Waals surface area contributed by atoms with E-state index in [1.807, 2.05) is 37.7 Å². The Hall–Kier alpha value is -2.08. The summed E-state index contributed by atoms with van der Waals surface area (Å²) < 4.78 is 1.93. The number of nitrogens with zero attached hydrogens (tertiary/aromatic N) is 3. The number of aromatic nitrogens is 2. The maximum Gasteiger partial charge on any atom is 0.141 e. The molecule has 2 rings (SSSR count). The average Bonchev–Trinajstić information content (AvgIpc) is 2.50. The van der Waals surface area contributed by atoms with Crippen molar-refractivity contribution in [2.24, 2.45) is 7.05 Å². The van der Waals surface area contributed by atoms with Gasteiger partial charge in [-0.05, 0) is 31.1 Å². The van der Waals surface area contributed by atoms with Gasteiger partial charge >= 0.3 is 0 Å². The zero-order valence-electron chi connectivity index (χ0n) is 9.70. The highest BCUT2D eigenvalue weighted by Gasteiger charge is 2.16. The van der Waals surface area contributed by atoms with Crippen molar-refractivity contribution in [3.8, 4) is 6.07 Å². The zero-order chi connectivity index (χ0) is 11.9. The Kier molecular flexibility index (Phi) is 2.28. The maximum atomic E-state index is 9.24. The number of fused-ring (bicyclic) bond motifs is 1. The number of rotatable bonds is 1. The standard InChI is InChI=1S/C13H13N3/c1-8(2)12-11(6-14)10-5-9(3)7-15-13(10)16(12)4/h5,7H,1H2,2-4H3. The highest BCUT2D eigenvalue weighted by atomic mass is 15.0. The van der Waals surface area contributed by atoms with Crippen LogP contribution in [0.2, 0.25) is 0 Å². The van der Waals surface area contributed by atoms with Gasteiger partial charge in [-0.25, -0.2) is 4.98 Å². The van der Waals surface area contributed by atoms with Gasteiger partial charge in [0, 0.05) is 18.6 Å². The Labute approximate surface area is 94.6 Å². The van der Waals surface area contributed by atoms with Crippen LogP contribution in [0.5, 0.6) is 0 Å². The van der Waals surface area contributed by atoms with Crippen LogP contribution in [0.15, 0.2) is 18.8 Å². The lowest BCUT2D eigenvalue weighted by Gasteiger charge is -2.02. The second-order valence-corrected chi connectivity index (χ2v) is 4.06. The summed E-state index contributed by atoms with van der Waals surface area (Å²) in [4.78, 5) is 4.36. The monoisotopic (exact) mass is 211 g/mol. The fraction of sp³-hybridized carbons (Fsp3) is 0.231. The summed E-state index contributed by atoms with van der Waals surface area (Å²) in [5.74, 6) is 0. The molecule has 0 unspecified atom stereocenters. The summed E-state index contributed by atoms with van der Waals surface area (Å²) in [5.41, 5.74) is 4.31. The molecule has 0 saturated heterocycles. The van der Waals surface area contributed by atoms with Crippen molar-refractivity contribution in [3.05, 3.63) is 35.7 Å². The van der Waals surface area contributed by atoms with Crippen molar-refractivity contribution >= 4 is 16.6 Å². The summed E-state index contributed by atoms with van der Waals surface area (Å²) in [6.45, 7) is 7.79. The van der Waals surface area contributed by atoms with Crippen molar-refractivity contribution in [2.75, 3.05) is 0 Å². The lowest BCUT2D eigenvalue weighted by molar-refractivity contribution is 0.926. The molecule has 2 aromatic rings.